The molecule has 0 radical (unpaired) electrons. The second-order valence-corrected chi connectivity index (χ2v) is 5.85. The summed E-state index contributed by atoms with van der Waals surface area (Å²) in [4.78, 5) is 24.3. The van der Waals surface area contributed by atoms with Crippen LogP contribution in [0.3, 0.4) is 0 Å². The van der Waals surface area contributed by atoms with Crippen molar-refractivity contribution in [2.75, 3.05) is 23.8 Å². The second kappa shape index (κ2) is 9.78. The van der Waals surface area contributed by atoms with Crippen molar-refractivity contribution in [3.8, 4) is 11.5 Å². The molecular weight excluding hydrogens is 356 g/mol. The van der Waals surface area contributed by atoms with E-state index in [-0.39, 0.29) is 25.0 Å². The van der Waals surface area contributed by atoms with Crippen LogP contribution in [0.2, 0.25) is 0 Å². The van der Waals surface area contributed by atoms with Gasteiger partial charge in [0.05, 0.1) is 11.4 Å². The number of anilines is 2. The SMILES string of the molecule is O=C(COc1ccccc1)Nc1ccccc1NC(=O)COc1ccccc1. The summed E-state index contributed by atoms with van der Waals surface area (Å²) in [6.45, 7) is -0.271. The first-order valence-corrected chi connectivity index (χ1v) is 8.75. The molecular formula is C22H20N2O4. The standard InChI is InChI=1S/C22H20N2O4/c25-21(15-27-17-9-3-1-4-10-17)23-19-13-7-8-14-20(19)24-22(26)16-28-18-11-5-2-6-12-18/h1-14H,15-16H2,(H,23,25)(H,24,26). The minimum atomic E-state index is -0.328. The molecule has 0 bridgehead atoms. The minimum Gasteiger partial charge on any atom is -0.484 e. The molecule has 2 N–H and O–H groups in total. The van der Waals surface area contributed by atoms with Gasteiger partial charge in [-0.25, -0.2) is 0 Å². The molecule has 0 unspecified atom stereocenters. The Morgan fingerprint density at radius 3 is 1.32 bits per heavy atom. The lowest BCUT2D eigenvalue weighted by Gasteiger charge is -2.13. The molecule has 0 aliphatic carbocycles. The number of nitrogens with one attached hydrogen (secondary N) is 2. The Kier molecular flexibility index (Phi) is 6.62. The van der Waals surface area contributed by atoms with Gasteiger partial charge in [-0.3, -0.25) is 9.59 Å². The summed E-state index contributed by atoms with van der Waals surface area (Å²) >= 11 is 0. The molecule has 0 heterocycles. The molecule has 3 aromatic carbocycles. The number of carbonyl (C=O) groups is 2. The smallest absolute Gasteiger partial charge is 0.262 e. The van der Waals surface area contributed by atoms with Gasteiger partial charge in [-0.15, -0.1) is 0 Å². The van der Waals surface area contributed by atoms with Crippen molar-refractivity contribution in [3.05, 3.63) is 84.9 Å². The third-order valence-electron chi connectivity index (χ3n) is 3.70. The number of hydrogen-bond acceptors (Lipinski definition) is 4. The van der Waals surface area contributed by atoms with Crippen molar-refractivity contribution in [3.63, 3.8) is 0 Å². The summed E-state index contributed by atoms with van der Waals surface area (Å²) in [6, 6.07) is 25.1. The van der Waals surface area contributed by atoms with Gasteiger partial charge in [-0.2, -0.15) is 0 Å². The van der Waals surface area contributed by atoms with Crippen molar-refractivity contribution in [1.82, 2.24) is 0 Å². The van der Waals surface area contributed by atoms with Gasteiger partial charge in [0.1, 0.15) is 11.5 Å². The Morgan fingerprint density at radius 1 is 0.571 bits per heavy atom. The number of carbonyl (C=O) groups excluding carboxylic acids is 2. The highest BCUT2D eigenvalue weighted by atomic mass is 16.5. The quantitative estimate of drug-likeness (QED) is 0.628. The van der Waals surface area contributed by atoms with Crippen LogP contribution in [0.15, 0.2) is 84.9 Å². The van der Waals surface area contributed by atoms with Crippen LogP contribution in [0.5, 0.6) is 11.5 Å². The Bertz CT molecular complexity index is 838. The Hall–Kier alpha value is -3.80. The third kappa shape index (κ3) is 5.88. The minimum absolute atomic E-state index is 0.136. The van der Waals surface area contributed by atoms with Crippen LogP contribution in [0.25, 0.3) is 0 Å². The predicted molar refractivity (Wildman–Crippen MR) is 108 cm³/mol. The van der Waals surface area contributed by atoms with Crippen LogP contribution in [-0.2, 0) is 9.59 Å². The first-order chi connectivity index (χ1) is 13.7. The van der Waals surface area contributed by atoms with E-state index < -0.39 is 0 Å². The van der Waals surface area contributed by atoms with Gasteiger partial charge < -0.3 is 20.1 Å². The van der Waals surface area contributed by atoms with Gasteiger partial charge in [0, 0.05) is 0 Å². The zero-order chi connectivity index (χ0) is 19.6. The summed E-state index contributed by atoms with van der Waals surface area (Å²) < 4.78 is 10.9. The van der Waals surface area contributed by atoms with E-state index in [1.54, 1.807) is 48.5 Å². The number of amides is 2. The molecule has 6 heteroatoms. The van der Waals surface area contributed by atoms with Gasteiger partial charge >= 0.3 is 0 Å². The van der Waals surface area contributed by atoms with Gasteiger partial charge in [0.15, 0.2) is 13.2 Å². The molecule has 142 valence electrons. The zero-order valence-electron chi connectivity index (χ0n) is 15.1. The van der Waals surface area contributed by atoms with Crippen LogP contribution in [0.1, 0.15) is 0 Å². The van der Waals surface area contributed by atoms with E-state index in [0.717, 1.165) is 0 Å². The number of para-hydroxylation sites is 4. The molecule has 0 saturated heterocycles. The van der Waals surface area contributed by atoms with Gasteiger partial charge in [0.25, 0.3) is 11.8 Å². The molecule has 0 spiro atoms. The number of hydrogen-bond donors (Lipinski definition) is 2. The average molecular weight is 376 g/mol. The van der Waals surface area contributed by atoms with E-state index in [9.17, 15) is 9.59 Å². The van der Waals surface area contributed by atoms with Crippen molar-refractivity contribution in [2.24, 2.45) is 0 Å². The van der Waals surface area contributed by atoms with Crippen molar-refractivity contribution >= 4 is 23.2 Å². The topological polar surface area (TPSA) is 76.7 Å². The monoisotopic (exact) mass is 376 g/mol. The molecule has 0 atom stereocenters. The molecule has 0 aromatic heterocycles. The molecule has 2 amide bonds. The number of ether oxygens (including phenoxy) is 2. The molecule has 28 heavy (non-hydrogen) atoms. The van der Waals surface area contributed by atoms with Crippen LogP contribution < -0.4 is 20.1 Å². The maximum absolute atomic E-state index is 12.2. The third-order valence-corrected chi connectivity index (χ3v) is 3.70. The summed E-state index contributed by atoms with van der Waals surface area (Å²) in [5.41, 5.74) is 0.967. The fraction of sp³-hybridized carbons (Fsp3) is 0.0909. The fourth-order valence-corrected chi connectivity index (χ4v) is 2.40. The van der Waals surface area contributed by atoms with Crippen molar-refractivity contribution in [1.29, 1.82) is 0 Å². The lowest BCUT2D eigenvalue weighted by atomic mass is 10.2. The molecule has 0 aliphatic heterocycles. The van der Waals surface area contributed by atoms with E-state index in [0.29, 0.717) is 22.9 Å². The highest BCUT2D eigenvalue weighted by Gasteiger charge is 2.10. The second-order valence-electron chi connectivity index (χ2n) is 5.85. The summed E-state index contributed by atoms with van der Waals surface area (Å²) in [5, 5.41) is 5.48. The maximum Gasteiger partial charge on any atom is 0.262 e. The molecule has 0 saturated carbocycles. The normalized spacial score (nSPS) is 10.0. The van der Waals surface area contributed by atoms with Crippen LogP contribution in [0.4, 0.5) is 11.4 Å². The van der Waals surface area contributed by atoms with E-state index in [2.05, 4.69) is 10.6 Å². The van der Waals surface area contributed by atoms with Crippen molar-refractivity contribution < 1.29 is 19.1 Å². The molecule has 0 aliphatic rings. The average Bonchev–Trinajstić information content (AvgIpc) is 2.74. The zero-order valence-corrected chi connectivity index (χ0v) is 15.1. The molecule has 3 aromatic rings. The van der Waals surface area contributed by atoms with Gasteiger partial charge in [-0.1, -0.05) is 48.5 Å². The predicted octanol–water partition coefficient (Wildman–Crippen LogP) is 3.72. The summed E-state index contributed by atoms with van der Waals surface area (Å²) in [7, 11) is 0. The Labute approximate surface area is 163 Å². The first kappa shape index (κ1) is 19.0. The van der Waals surface area contributed by atoms with Gasteiger partial charge in [0.2, 0.25) is 0 Å². The van der Waals surface area contributed by atoms with E-state index >= 15 is 0 Å². The van der Waals surface area contributed by atoms with Crippen LogP contribution in [0, 0.1) is 0 Å². The largest absolute Gasteiger partial charge is 0.484 e. The number of benzene rings is 3. The number of rotatable bonds is 8. The fourth-order valence-electron chi connectivity index (χ4n) is 2.40. The highest BCUT2D eigenvalue weighted by molar-refractivity contribution is 6.00. The van der Waals surface area contributed by atoms with E-state index in [4.69, 9.17) is 9.47 Å². The lowest BCUT2D eigenvalue weighted by Crippen LogP contribution is -2.23. The Morgan fingerprint density at radius 2 is 0.929 bits per heavy atom. The van der Waals surface area contributed by atoms with E-state index in [1.165, 1.54) is 0 Å². The van der Waals surface area contributed by atoms with Crippen molar-refractivity contribution in [2.45, 2.75) is 0 Å². The molecule has 6 nitrogen and oxygen atoms in total. The first-order valence-electron chi connectivity index (χ1n) is 8.75. The lowest BCUT2D eigenvalue weighted by molar-refractivity contribution is -0.119. The van der Waals surface area contributed by atoms with Gasteiger partial charge in [-0.05, 0) is 36.4 Å². The maximum atomic E-state index is 12.2. The molecule has 0 fully saturated rings. The van der Waals surface area contributed by atoms with Crippen LogP contribution in [-0.4, -0.2) is 25.0 Å². The molecule has 3 rings (SSSR count). The van der Waals surface area contributed by atoms with E-state index in [1.807, 2.05) is 36.4 Å². The van der Waals surface area contributed by atoms with Crippen LogP contribution >= 0.6 is 0 Å². The highest BCUT2D eigenvalue weighted by Crippen LogP contribution is 2.21. The Balaban J connectivity index is 1.53. The summed E-state index contributed by atoms with van der Waals surface area (Å²) in [5.74, 6) is 0.562. The summed E-state index contributed by atoms with van der Waals surface area (Å²) in [6.07, 6.45) is 0.